The summed E-state index contributed by atoms with van der Waals surface area (Å²) < 4.78 is 28.3. The molecule has 0 aliphatic heterocycles. The predicted molar refractivity (Wildman–Crippen MR) is 148 cm³/mol. The quantitative estimate of drug-likeness (QED) is 0.347. The molecule has 1 N–H and O–H groups in total. The number of sulfonamides is 1. The summed E-state index contributed by atoms with van der Waals surface area (Å²) in [5.74, 6) is -0.982. The van der Waals surface area contributed by atoms with E-state index < -0.39 is 28.5 Å². The van der Waals surface area contributed by atoms with Crippen LogP contribution in [0, 0.1) is 0 Å². The Morgan fingerprint density at radius 1 is 0.919 bits per heavy atom. The molecule has 11 heteroatoms. The molecule has 0 saturated heterocycles. The van der Waals surface area contributed by atoms with Crippen LogP contribution in [0.3, 0.4) is 0 Å². The molecule has 0 fully saturated rings. The van der Waals surface area contributed by atoms with Crippen LogP contribution in [0.25, 0.3) is 0 Å². The fourth-order valence-electron chi connectivity index (χ4n) is 3.59. The number of likely N-dealkylation sites (N-methyl/N-ethyl adjacent to an activating group) is 1. The summed E-state index contributed by atoms with van der Waals surface area (Å²) in [5.41, 5.74) is 0.802. The molecule has 2 amide bonds. The standard InChI is InChI=1S/C26H26Cl3N3O4S/c1-3-30-26(34)18(2)31(16-19-9-10-21(28)15-24(19)29)25(33)17-32(22-13-11-20(27)12-14-22)37(35,36)23-7-5-4-6-8-23/h4-15,18H,3,16-17H2,1-2H3,(H,30,34)/t18-/m0/s1. The molecule has 0 unspecified atom stereocenters. The van der Waals surface area contributed by atoms with Crippen molar-refractivity contribution in [1.29, 1.82) is 0 Å². The largest absolute Gasteiger partial charge is 0.355 e. The molecule has 0 heterocycles. The van der Waals surface area contributed by atoms with Crippen LogP contribution < -0.4 is 9.62 Å². The van der Waals surface area contributed by atoms with Gasteiger partial charge >= 0.3 is 0 Å². The minimum atomic E-state index is -4.14. The van der Waals surface area contributed by atoms with Crippen molar-refractivity contribution in [1.82, 2.24) is 10.2 Å². The van der Waals surface area contributed by atoms with E-state index in [9.17, 15) is 18.0 Å². The van der Waals surface area contributed by atoms with Crippen LogP contribution in [-0.4, -0.2) is 44.3 Å². The Bertz CT molecular complexity index is 1350. The number of halogens is 3. The first-order valence-corrected chi connectivity index (χ1v) is 14.0. The van der Waals surface area contributed by atoms with Gasteiger partial charge in [-0.25, -0.2) is 8.42 Å². The molecule has 0 saturated carbocycles. The third-order valence-corrected chi connectivity index (χ3v) is 8.23. The van der Waals surface area contributed by atoms with Crippen molar-refractivity contribution in [3.05, 3.63) is 93.4 Å². The maximum absolute atomic E-state index is 13.7. The molecule has 0 radical (unpaired) electrons. The number of carbonyl (C=O) groups excluding carboxylic acids is 2. The molecule has 7 nitrogen and oxygen atoms in total. The van der Waals surface area contributed by atoms with Crippen molar-refractivity contribution in [2.45, 2.75) is 31.3 Å². The summed E-state index contributed by atoms with van der Waals surface area (Å²) in [6.07, 6.45) is 0. The second-order valence-corrected chi connectivity index (χ2v) is 11.3. The van der Waals surface area contributed by atoms with E-state index in [1.807, 2.05) is 0 Å². The molecule has 37 heavy (non-hydrogen) atoms. The number of hydrogen-bond acceptors (Lipinski definition) is 4. The van der Waals surface area contributed by atoms with Crippen LogP contribution in [0.15, 0.2) is 77.7 Å². The van der Waals surface area contributed by atoms with Gasteiger partial charge in [-0.3, -0.25) is 13.9 Å². The van der Waals surface area contributed by atoms with Gasteiger partial charge in [0.1, 0.15) is 12.6 Å². The van der Waals surface area contributed by atoms with Gasteiger partial charge in [-0.15, -0.1) is 0 Å². The summed E-state index contributed by atoms with van der Waals surface area (Å²) in [7, 11) is -4.14. The van der Waals surface area contributed by atoms with Gasteiger partial charge in [0.2, 0.25) is 11.8 Å². The van der Waals surface area contributed by atoms with Gasteiger partial charge in [-0.1, -0.05) is 59.1 Å². The van der Waals surface area contributed by atoms with Gasteiger partial charge in [0, 0.05) is 28.2 Å². The maximum Gasteiger partial charge on any atom is 0.264 e. The minimum absolute atomic E-state index is 0.0156. The first kappa shape index (κ1) is 28.8. The lowest BCUT2D eigenvalue weighted by Crippen LogP contribution is -2.51. The summed E-state index contributed by atoms with van der Waals surface area (Å²) in [4.78, 5) is 27.8. The molecule has 3 aromatic carbocycles. The third-order valence-electron chi connectivity index (χ3n) is 5.60. The summed E-state index contributed by atoms with van der Waals surface area (Å²) >= 11 is 18.4. The SMILES string of the molecule is CCNC(=O)[C@H](C)N(Cc1ccc(Cl)cc1Cl)C(=O)CN(c1ccc(Cl)cc1)S(=O)(=O)c1ccccc1. The Kier molecular flexibility index (Phi) is 9.84. The van der Waals surface area contributed by atoms with Gasteiger partial charge in [-0.2, -0.15) is 0 Å². The number of benzene rings is 3. The second kappa shape index (κ2) is 12.6. The van der Waals surface area contributed by atoms with E-state index in [4.69, 9.17) is 34.8 Å². The van der Waals surface area contributed by atoms with E-state index in [1.165, 1.54) is 47.4 Å². The van der Waals surface area contributed by atoms with Crippen LogP contribution in [0.4, 0.5) is 5.69 Å². The molecule has 0 aromatic heterocycles. The van der Waals surface area contributed by atoms with Crippen molar-refractivity contribution in [3.8, 4) is 0 Å². The highest BCUT2D eigenvalue weighted by atomic mass is 35.5. The normalized spacial score (nSPS) is 12.0. The summed E-state index contributed by atoms with van der Waals surface area (Å²) in [5, 5.41) is 3.86. The van der Waals surface area contributed by atoms with Crippen LogP contribution in [-0.2, 0) is 26.2 Å². The highest BCUT2D eigenvalue weighted by Crippen LogP contribution is 2.27. The van der Waals surface area contributed by atoms with Crippen LogP contribution >= 0.6 is 34.8 Å². The number of anilines is 1. The topological polar surface area (TPSA) is 86.8 Å². The van der Waals surface area contributed by atoms with Crippen LogP contribution in [0.2, 0.25) is 15.1 Å². The van der Waals surface area contributed by atoms with Crippen molar-refractivity contribution in [3.63, 3.8) is 0 Å². The lowest BCUT2D eigenvalue weighted by Gasteiger charge is -2.32. The number of carbonyl (C=O) groups is 2. The van der Waals surface area contributed by atoms with Gasteiger partial charge < -0.3 is 10.2 Å². The molecule has 0 bridgehead atoms. The van der Waals surface area contributed by atoms with Crippen molar-refractivity contribution in [2.24, 2.45) is 0 Å². The van der Waals surface area contributed by atoms with Gasteiger partial charge in [-0.05, 0) is 67.9 Å². The zero-order valence-electron chi connectivity index (χ0n) is 20.2. The van der Waals surface area contributed by atoms with E-state index >= 15 is 0 Å². The van der Waals surface area contributed by atoms with Crippen LogP contribution in [0.5, 0.6) is 0 Å². The monoisotopic (exact) mass is 581 g/mol. The summed E-state index contributed by atoms with van der Waals surface area (Å²) in [6.45, 7) is 3.11. The van der Waals surface area contributed by atoms with Crippen molar-refractivity contribution in [2.75, 3.05) is 17.4 Å². The maximum atomic E-state index is 13.7. The zero-order valence-corrected chi connectivity index (χ0v) is 23.3. The van der Waals surface area contributed by atoms with E-state index in [2.05, 4.69) is 5.32 Å². The Balaban J connectivity index is 2.03. The minimum Gasteiger partial charge on any atom is -0.355 e. The fourth-order valence-corrected chi connectivity index (χ4v) is 5.62. The van der Waals surface area contributed by atoms with E-state index in [0.717, 1.165) is 4.31 Å². The third kappa shape index (κ3) is 7.17. The fraction of sp³-hybridized carbons (Fsp3) is 0.231. The average molecular weight is 583 g/mol. The van der Waals surface area contributed by atoms with E-state index in [0.29, 0.717) is 27.2 Å². The molecule has 3 rings (SSSR count). The highest BCUT2D eigenvalue weighted by Gasteiger charge is 2.32. The Hall–Kier alpha value is -2.78. The molecule has 0 aliphatic rings. The Labute approximate surface area is 232 Å². The number of hydrogen-bond donors (Lipinski definition) is 1. The molecule has 1 atom stereocenters. The average Bonchev–Trinajstić information content (AvgIpc) is 2.87. The molecule has 0 aliphatic carbocycles. The molecule has 196 valence electrons. The molecular weight excluding hydrogens is 557 g/mol. The Morgan fingerprint density at radius 3 is 2.14 bits per heavy atom. The van der Waals surface area contributed by atoms with Crippen molar-refractivity contribution < 1.29 is 18.0 Å². The molecule has 3 aromatic rings. The smallest absolute Gasteiger partial charge is 0.264 e. The zero-order chi connectivity index (χ0) is 27.2. The first-order valence-electron chi connectivity index (χ1n) is 11.4. The number of nitrogens with one attached hydrogen (secondary N) is 1. The lowest BCUT2D eigenvalue weighted by molar-refractivity contribution is -0.139. The van der Waals surface area contributed by atoms with Crippen LogP contribution in [0.1, 0.15) is 19.4 Å². The molecule has 0 spiro atoms. The number of rotatable bonds is 10. The number of nitrogens with zero attached hydrogens (tertiary/aromatic N) is 2. The van der Waals surface area contributed by atoms with Gasteiger partial charge in [0.25, 0.3) is 10.0 Å². The second-order valence-electron chi connectivity index (χ2n) is 8.13. The van der Waals surface area contributed by atoms with Crippen molar-refractivity contribution >= 4 is 62.3 Å². The van der Waals surface area contributed by atoms with Gasteiger partial charge in [0.05, 0.1) is 10.6 Å². The van der Waals surface area contributed by atoms with E-state index in [1.54, 1.807) is 44.2 Å². The Morgan fingerprint density at radius 2 is 1.54 bits per heavy atom. The van der Waals surface area contributed by atoms with Gasteiger partial charge in [0.15, 0.2) is 0 Å². The number of amides is 2. The van der Waals surface area contributed by atoms with E-state index in [-0.39, 0.29) is 23.0 Å². The summed E-state index contributed by atoms with van der Waals surface area (Å²) in [6, 6.07) is 17.8. The first-order chi connectivity index (χ1) is 17.5. The predicted octanol–water partition coefficient (Wildman–Crippen LogP) is 5.40. The lowest BCUT2D eigenvalue weighted by atomic mass is 10.1. The highest BCUT2D eigenvalue weighted by molar-refractivity contribution is 7.92. The molecular formula is C26H26Cl3N3O4S.